The molecule has 0 aromatic carbocycles. The van der Waals surface area contributed by atoms with E-state index < -0.39 is 5.60 Å². The van der Waals surface area contributed by atoms with Crippen molar-refractivity contribution < 1.29 is 9.53 Å². The van der Waals surface area contributed by atoms with Crippen LogP contribution in [-0.2, 0) is 4.74 Å². The van der Waals surface area contributed by atoms with E-state index in [1.54, 1.807) is 4.90 Å². The van der Waals surface area contributed by atoms with Crippen LogP contribution in [0.15, 0.2) is 6.07 Å². The van der Waals surface area contributed by atoms with Gasteiger partial charge in [-0.25, -0.2) is 14.8 Å². The number of amides is 1. The molecule has 1 amide bonds. The Labute approximate surface area is 134 Å². The lowest BCUT2D eigenvalue weighted by atomic mass is 10.2. The van der Waals surface area contributed by atoms with E-state index in [1.165, 1.54) is 6.07 Å². The number of rotatable bonds is 1. The molecule has 8 heteroatoms. The quantitative estimate of drug-likeness (QED) is 0.740. The molecule has 1 aliphatic heterocycles. The Morgan fingerprint density at radius 1 is 1.14 bits per heavy atom. The van der Waals surface area contributed by atoms with Gasteiger partial charge in [0.1, 0.15) is 15.9 Å². The monoisotopic (exact) mass is 332 g/mol. The number of carbonyl (C=O) groups excluding carboxylic acids is 1. The molecular weight excluding hydrogens is 315 g/mol. The van der Waals surface area contributed by atoms with Gasteiger partial charge in [-0.1, -0.05) is 23.2 Å². The zero-order valence-corrected chi connectivity index (χ0v) is 13.8. The summed E-state index contributed by atoms with van der Waals surface area (Å²) < 4.78 is 5.35. The minimum Gasteiger partial charge on any atom is -0.444 e. The first-order valence-electron chi connectivity index (χ1n) is 6.67. The maximum atomic E-state index is 12.0. The van der Waals surface area contributed by atoms with Gasteiger partial charge in [0, 0.05) is 32.2 Å². The zero-order valence-electron chi connectivity index (χ0n) is 12.3. The minimum atomic E-state index is -0.488. The van der Waals surface area contributed by atoms with Gasteiger partial charge in [-0.05, 0) is 20.8 Å². The predicted octanol–water partition coefficient (Wildman–Crippen LogP) is 2.84. The predicted molar refractivity (Wildman–Crippen MR) is 82.1 cm³/mol. The highest BCUT2D eigenvalue weighted by atomic mass is 35.5. The fourth-order valence-electron chi connectivity index (χ4n) is 1.94. The van der Waals surface area contributed by atoms with Crippen LogP contribution in [0.1, 0.15) is 20.8 Å². The third-order valence-corrected chi connectivity index (χ3v) is 3.25. The number of carbonyl (C=O) groups is 1. The zero-order chi connectivity index (χ0) is 15.6. The van der Waals surface area contributed by atoms with Crippen molar-refractivity contribution in [1.29, 1.82) is 0 Å². The van der Waals surface area contributed by atoms with Crippen LogP contribution in [0.3, 0.4) is 0 Å². The van der Waals surface area contributed by atoms with E-state index >= 15 is 0 Å². The van der Waals surface area contributed by atoms with Crippen molar-refractivity contribution in [2.24, 2.45) is 0 Å². The maximum Gasteiger partial charge on any atom is 0.410 e. The molecule has 1 aliphatic rings. The first-order chi connectivity index (χ1) is 9.74. The summed E-state index contributed by atoms with van der Waals surface area (Å²) in [7, 11) is 0. The van der Waals surface area contributed by atoms with Crippen molar-refractivity contribution in [3.63, 3.8) is 0 Å². The molecular formula is C13H18Cl2N4O2. The van der Waals surface area contributed by atoms with Crippen molar-refractivity contribution in [2.45, 2.75) is 26.4 Å². The number of anilines is 1. The summed E-state index contributed by atoms with van der Waals surface area (Å²) in [5.41, 5.74) is -0.488. The molecule has 0 spiro atoms. The maximum absolute atomic E-state index is 12.0. The van der Waals surface area contributed by atoms with Gasteiger partial charge in [0.15, 0.2) is 0 Å². The molecule has 0 unspecified atom stereocenters. The Morgan fingerprint density at radius 2 is 1.67 bits per heavy atom. The van der Waals surface area contributed by atoms with Crippen LogP contribution in [0.2, 0.25) is 10.3 Å². The lowest BCUT2D eigenvalue weighted by Crippen LogP contribution is -2.50. The van der Waals surface area contributed by atoms with Crippen molar-refractivity contribution >= 4 is 35.2 Å². The van der Waals surface area contributed by atoms with Gasteiger partial charge < -0.3 is 14.5 Å². The molecule has 1 fully saturated rings. The van der Waals surface area contributed by atoms with Gasteiger partial charge in [0.25, 0.3) is 0 Å². The van der Waals surface area contributed by atoms with Crippen molar-refractivity contribution in [3.8, 4) is 0 Å². The van der Waals surface area contributed by atoms with E-state index in [2.05, 4.69) is 9.97 Å². The van der Waals surface area contributed by atoms with Crippen LogP contribution in [-0.4, -0.2) is 52.7 Å². The Kier molecular flexibility index (Phi) is 4.78. The number of halogens is 2. The molecule has 1 aromatic rings. The summed E-state index contributed by atoms with van der Waals surface area (Å²) >= 11 is 11.7. The van der Waals surface area contributed by atoms with Crippen LogP contribution in [0.5, 0.6) is 0 Å². The first kappa shape index (κ1) is 16.1. The number of hydrogen-bond acceptors (Lipinski definition) is 5. The molecule has 116 valence electrons. The van der Waals surface area contributed by atoms with E-state index in [0.717, 1.165) is 0 Å². The van der Waals surface area contributed by atoms with Crippen LogP contribution in [0.25, 0.3) is 0 Å². The Morgan fingerprint density at radius 3 is 2.14 bits per heavy atom. The third kappa shape index (κ3) is 4.61. The van der Waals surface area contributed by atoms with E-state index in [4.69, 9.17) is 27.9 Å². The molecule has 0 atom stereocenters. The second-order valence-corrected chi connectivity index (χ2v) is 6.54. The molecule has 1 saturated heterocycles. The lowest BCUT2D eigenvalue weighted by Gasteiger charge is -2.35. The molecule has 2 rings (SSSR count). The SMILES string of the molecule is CC(C)(C)OC(=O)N1CCN(c2nc(Cl)cc(Cl)n2)CC1. The standard InChI is InChI=1S/C13H18Cl2N4O2/c1-13(2,3)21-12(20)19-6-4-18(5-7-19)11-16-9(14)8-10(15)17-11/h8H,4-7H2,1-3H3. The van der Waals surface area contributed by atoms with Gasteiger partial charge in [-0.3, -0.25) is 0 Å². The Bertz CT molecular complexity index is 505. The highest BCUT2D eigenvalue weighted by molar-refractivity contribution is 6.33. The number of aromatic nitrogens is 2. The normalized spacial score (nSPS) is 16.0. The summed E-state index contributed by atoms with van der Waals surface area (Å²) in [6.45, 7) is 7.85. The van der Waals surface area contributed by atoms with E-state index in [9.17, 15) is 4.79 Å². The van der Waals surface area contributed by atoms with Gasteiger partial charge in [-0.15, -0.1) is 0 Å². The van der Waals surface area contributed by atoms with Crippen LogP contribution in [0, 0.1) is 0 Å². The van der Waals surface area contributed by atoms with Crippen molar-refractivity contribution in [3.05, 3.63) is 16.4 Å². The number of piperazine rings is 1. The molecule has 0 radical (unpaired) electrons. The highest BCUT2D eigenvalue weighted by Gasteiger charge is 2.26. The van der Waals surface area contributed by atoms with E-state index in [1.807, 2.05) is 25.7 Å². The second kappa shape index (κ2) is 6.23. The Hall–Kier alpha value is -1.27. The van der Waals surface area contributed by atoms with E-state index in [0.29, 0.717) is 42.4 Å². The first-order valence-corrected chi connectivity index (χ1v) is 7.43. The lowest BCUT2D eigenvalue weighted by molar-refractivity contribution is 0.0240. The van der Waals surface area contributed by atoms with Crippen LogP contribution in [0.4, 0.5) is 10.7 Å². The topological polar surface area (TPSA) is 58.6 Å². The van der Waals surface area contributed by atoms with E-state index in [-0.39, 0.29) is 6.09 Å². The summed E-state index contributed by atoms with van der Waals surface area (Å²) in [5.74, 6) is 0.483. The summed E-state index contributed by atoms with van der Waals surface area (Å²) in [6.07, 6.45) is -0.299. The number of hydrogen-bond donors (Lipinski definition) is 0. The fraction of sp³-hybridized carbons (Fsp3) is 0.615. The molecule has 6 nitrogen and oxygen atoms in total. The minimum absolute atomic E-state index is 0.299. The van der Waals surface area contributed by atoms with Crippen LogP contribution < -0.4 is 4.90 Å². The fourth-order valence-corrected chi connectivity index (χ4v) is 2.35. The van der Waals surface area contributed by atoms with Gasteiger partial charge in [0.2, 0.25) is 5.95 Å². The largest absolute Gasteiger partial charge is 0.444 e. The van der Waals surface area contributed by atoms with Gasteiger partial charge in [0.05, 0.1) is 0 Å². The van der Waals surface area contributed by atoms with Gasteiger partial charge in [-0.2, -0.15) is 0 Å². The summed E-state index contributed by atoms with van der Waals surface area (Å²) in [5, 5.41) is 0.610. The van der Waals surface area contributed by atoms with Crippen molar-refractivity contribution in [2.75, 3.05) is 31.1 Å². The molecule has 0 saturated carbocycles. The molecule has 0 bridgehead atoms. The third-order valence-electron chi connectivity index (χ3n) is 2.87. The molecule has 0 aliphatic carbocycles. The summed E-state index contributed by atoms with van der Waals surface area (Å²) in [4.78, 5) is 23.9. The van der Waals surface area contributed by atoms with Crippen LogP contribution >= 0.6 is 23.2 Å². The van der Waals surface area contributed by atoms with Crippen molar-refractivity contribution in [1.82, 2.24) is 14.9 Å². The molecule has 0 N–H and O–H groups in total. The molecule has 21 heavy (non-hydrogen) atoms. The molecule has 1 aromatic heterocycles. The average Bonchev–Trinajstić information content (AvgIpc) is 2.35. The number of ether oxygens (including phenoxy) is 1. The smallest absolute Gasteiger partial charge is 0.410 e. The average molecular weight is 333 g/mol. The second-order valence-electron chi connectivity index (χ2n) is 5.77. The summed E-state index contributed by atoms with van der Waals surface area (Å²) in [6, 6.07) is 1.49. The molecule has 2 heterocycles. The highest BCUT2D eigenvalue weighted by Crippen LogP contribution is 2.19. The Balaban J connectivity index is 1.95. The number of nitrogens with zero attached hydrogens (tertiary/aromatic N) is 4. The van der Waals surface area contributed by atoms with Gasteiger partial charge >= 0.3 is 6.09 Å².